The molecule has 0 radical (unpaired) electrons. The van der Waals surface area contributed by atoms with E-state index in [0.29, 0.717) is 29.3 Å². The van der Waals surface area contributed by atoms with Crippen LogP contribution in [0.5, 0.6) is 11.5 Å². The van der Waals surface area contributed by atoms with Gasteiger partial charge in [-0.25, -0.2) is 15.0 Å². The average Bonchev–Trinajstić information content (AvgIpc) is 3.13. The molecule has 4 heteroatoms. The highest BCUT2D eigenvalue weighted by molar-refractivity contribution is 5.73. The van der Waals surface area contributed by atoms with Crippen LogP contribution >= 0.6 is 0 Å². The molecule has 0 unspecified atom stereocenters. The smallest absolute Gasteiger partial charge is 0.164 e. The summed E-state index contributed by atoms with van der Waals surface area (Å²) in [6, 6.07) is 44.8. The van der Waals surface area contributed by atoms with Gasteiger partial charge in [0.1, 0.15) is 11.5 Å². The third kappa shape index (κ3) is 4.24. The Bertz CT molecular complexity index is 2110. The summed E-state index contributed by atoms with van der Waals surface area (Å²) >= 11 is 0. The molecule has 0 N–H and O–H groups in total. The predicted octanol–water partition coefficient (Wildman–Crippen LogP) is 10.4. The molecule has 2 heterocycles. The standard InChI is InChI=1S/C43H35N3O/c1-3-10-29(11-4-1)31-14-9-15-32(25-31)41-44-40(30-12-5-2-6-13-30)45-42(46-41)33-18-19-39-37(26-33)43(36-16-7-8-17-38(36)47-39)34-21-27-20-28(23-34)24-35(43)22-27/h1-19,25-28,34-35H,20-24H2. The minimum Gasteiger partial charge on any atom is -0.457 e. The molecule has 4 saturated carbocycles. The number of para-hydroxylation sites is 1. The van der Waals surface area contributed by atoms with Gasteiger partial charge < -0.3 is 4.74 Å². The lowest BCUT2D eigenvalue weighted by atomic mass is 9.42. The Balaban J connectivity index is 1.15. The van der Waals surface area contributed by atoms with Crippen molar-refractivity contribution in [3.05, 3.63) is 139 Å². The lowest BCUT2D eigenvalue weighted by molar-refractivity contribution is -0.0452. The molecule has 5 aromatic carbocycles. The van der Waals surface area contributed by atoms with Crippen LogP contribution in [0.2, 0.25) is 0 Å². The van der Waals surface area contributed by atoms with E-state index in [1.165, 1.54) is 48.8 Å². The second kappa shape index (κ2) is 10.5. The van der Waals surface area contributed by atoms with Crippen molar-refractivity contribution in [2.45, 2.75) is 37.5 Å². The summed E-state index contributed by atoms with van der Waals surface area (Å²) in [4.78, 5) is 15.4. The van der Waals surface area contributed by atoms with Crippen molar-refractivity contribution >= 4 is 0 Å². The molecule has 0 atom stereocenters. The van der Waals surface area contributed by atoms with Crippen LogP contribution in [0.4, 0.5) is 0 Å². The first-order chi connectivity index (χ1) is 23.2. The molecule has 4 aliphatic carbocycles. The van der Waals surface area contributed by atoms with Gasteiger partial charge in [-0.1, -0.05) is 97.1 Å². The second-order valence-electron chi connectivity index (χ2n) is 14.1. The number of fused-ring (bicyclic) bond motifs is 2. The molecular weight excluding hydrogens is 574 g/mol. The highest BCUT2D eigenvalue weighted by atomic mass is 16.5. The molecule has 1 aliphatic heterocycles. The van der Waals surface area contributed by atoms with E-state index in [2.05, 4.69) is 103 Å². The van der Waals surface area contributed by atoms with Gasteiger partial charge in [0, 0.05) is 33.2 Å². The predicted molar refractivity (Wildman–Crippen MR) is 186 cm³/mol. The lowest BCUT2D eigenvalue weighted by Gasteiger charge is -2.63. The molecule has 4 fully saturated rings. The molecule has 47 heavy (non-hydrogen) atoms. The molecule has 11 rings (SSSR count). The third-order valence-corrected chi connectivity index (χ3v) is 11.6. The molecule has 4 nitrogen and oxygen atoms in total. The van der Waals surface area contributed by atoms with Crippen LogP contribution < -0.4 is 4.74 Å². The first-order valence-electron chi connectivity index (χ1n) is 17.1. The summed E-state index contributed by atoms with van der Waals surface area (Å²) in [6.07, 6.45) is 6.69. The Morgan fingerprint density at radius 1 is 0.426 bits per heavy atom. The number of ether oxygens (including phenoxy) is 1. The molecule has 228 valence electrons. The van der Waals surface area contributed by atoms with E-state index in [1.54, 1.807) is 0 Å². The number of hydrogen-bond donors (Lipinski definition) is 0. The van der Waals surface area contributed by atoms with Gasteiger partial charge in [0.2, 0.25) is 0 Å². The number of rotatable bonds is 4. The van der Waals surface area contributed by atoms with Crippen LogP contribution in [0.25, 0.3) is 45.3 Å². The van der Waals surface area contributed by atoms with Crippen LogP contribution in [0, 0.1) is 23.7 Å². The molecule has 5 aliphatic rings. The van der Waals surface area contributed by atoms with Crippen LogP contribution in [0.1, 0.15) is 43.2 Å². The van der Waals surface area contributed by atoms with Gasteiger partial charge in [-0.3, -0.25) is 0 Å². The maximum absolute atomic E-state index is 6.69. The number of nitrogens with zero attached hydrogens (tertiary/aromatic N) is 3. The highest BCUT2D eigenvalue weighted by Gasteiger charge is 2.61. The minimum atomic E-state index is -0.0320. The third-order valence-electron chi connectivity index (χ3n) is 11.6. The van der Waals surface area contributed by atoms with Crippen molar-refractivity contribution in [2.24, 2.45) is 23.7 Å². The fourth-order valence-electron chi connectivity index (χ4n) is 9.87. The second-order valence-corrected chi connectivity index (χ2v) is 14.1. The molecule has 6 aromatic rings. The van der Waals surface area contributed by atoms with Crippen LogP contribution in [0.15, 0.2) is 127 Å². The molecule has 1 aromatic heterocycles. The van der Waals surface area contributed by atoms with Gasteiger partial charge in [-0.15, -0.1) is 0 Å². The van der Waals surface area contributed by atoms with E-state index in [-0.39, 0.29) is 5.41 Å². The number of aromatic nitrogens is 3. The normalized spacial score (nSPS) is 24.9. The summed E-state index contributed by atoms with van der Waals surface area (Å²) in [5.41, 5.74) is 7.96. The van der Waals surface area contributed by atoms with E-state index in [4.69, 9.17) is 19.7 Å². The summed E-state index contributed by atoms with van der Waals surface area (Å²) in [6.45, 7) is 0. The average molecular weight is 610 g/mol. The van der Waals surface area contributed by atoms with Gasteiger partial charge in [0.05, 0.1) is 0 Å². The van der Waals surface area contributed by atoms with Gasteiger partial charge in [-0.05, 0) is 97.2 Å². The minimum absolute atomic E-state index is 0.0320. The Morgan fingerprint density at radius 3 is 1.66 bits per heavy atom. The van der Waals surface area contributed by atoms with Crippen molar-refractivity contribution in [3.63, 3.8) is 0 Å². The van der Waals surface area contributed by atoms with Gasteiger partial charge in [-0.2, -0.15) is 0 Å². The summed E-state index contributed by atoms with van der Waals surface area (Å²) < 4.78 is 6.69. The molecule has 0 saturated heterocycles. The van der Waals surface area contributed by atoms with E-state index < -0.39 is 0 Å². The van der Waals surface area contributed by atoms with E-state index >= 15 is 0 Å². The first kappa shape index (κ1) is 27.1. The Morgan fingerprint density at radius 2 is 0.957 bits per heavy atom. The van der Waals surface area contributed by atoms with Crippen LogP contribution in [0.3, 0.4) is 0 Å². The largest absolute Gasteiger partial charge is 0.457 e. The summed E-state index contributed by atoms with van der Waals surface area (Å²) in [5, 5.41) is 0. The maximum Gasteiger partial charge on any atom is 0.164 e. The Kier molecular flexibility index (Phi) is 6.03. The fraction of sp³-hybridized carbons (Fsp3) is 0.233. The molecule has 0 amide bonds. The first-order valence-corrected chi connectivity index (χ1v) is 17.1. The Labute approximate surface area is 275 Å². The Hall–Kier alpha value is -5.09. The van der Waals surface area contributed by atoms with Gasteiger partial charge in [0.25, 0.3) is 0 Å². The SMILES string of the molecule is c1ccc(-c2cccc(-c3nc(-c4ccccc4)nc(-c4ccc5c(c4)C4(c6ccccc6O5)C5CC6CC(C5)CC4C6)n3)c2)cc1. The number of benzene rings is 5. The van der Waals surface area contributed by atoms with Crippen molar-refractivity contribution in [2.75, 3.05) is 0 Å². The summed E-state index contributed by atoms with van der Waals surface area (Å²) in [5.74, 6) is 7.08. The van der Waals surface area contributed by atoms with Crippen molar-refractivity contribution < 1.29 is 4.74 Å². The van der Waals surface area contributed by atoms with Crippen molar-refractivity contribution in [3.8, 4) is 56.8 Å². The van der Waals surface area contributed by atoms with Gasteiger partial charge >= 0.3 is 0 Å². The fourth-order valence-corrected chi connectivity index (χ4v) is 9.87. The van der Waals surface area contributed by atoms with Crippen molar-refractivity contribution in [1.82, 2.24) is 15.0 Å². The van der Waals surface area contributed by atoms with E-state index in [1.807, 2.05) is 24.3 Å². The topological polar surface area (TPSA) is 47.9 Å². The molecule has 4 bridgehead atoms. The highest BCUT2D eigenvalue weighted by Crippen LogP contribution is 2.68. The maximum atomic E-state index is 6.69. The number of hydrogen-bond acceptors (Lipinski definition) is 4. The zero-order valence-corrected chi connectivity index (χ0v) is 26.2. The zero-order valence-electron chi connectivity index (χ0n) is 26.2. The van der Waals surface area contributed by atoms with E-state index in [9.17, 15) is 0 Å². The monoisotopic (exact) mass is 609 g/mol. The van der Waals surface area contributed by atoms with E-state index in [0.717, 1.165) is 45.6 Å². The zero-order chi connectivity index (χ0) is 31.0. The summed E-state index contributed by atoms with van der Waals surface area (Å²) in [7, 11) is 0. The molecular formula is C43H35N3O. The molecule has 1 spiro atoms. The van der Waals surface area contributed by atoms with Crippen molar-refractivity contribution in [1.29, 1.82) is 0 Å². The lowest BCUT2D eigenvalue weighted by Crippen LogP contribution is -2.56. The van der Waals surface area contributed by atoms with Crippen LogP contribution in [-0.4, -0.2) is 15.0 Å². The van der Waals surface area contributed by atoms with Gasteiger partial charge in [0.15, 0.2) is 17.5 Å². The van der Waals surface area contributed by atoms with Crippen LogP contribution in [-0.2, 0) is 5.41 Å². The quantitative estimate of drug-likeness (QED) is 0.200.